The molecule has 206 valence electrons. The van der Waals surface area contributed by atoms with E-state index in [1.54, 1.807) is 22.7 Å². The minimum Gasteiger partial charge on any atom is -0.477 e. The number of anilines is 2. The first kappa shape index (κ1) is 25.9. The molecule has 1 atom stereocenters. The van der Waals surface area contributed by atoms with Gasteiger partial charge in [-0.05, 0) is 43.2 Å². The summed E-state index contributed by atoms with van der Waals surface area (Å²) in [5.41, 5.74) is 0.613. The number of fused-ring (bicyclic) bond motifs is 2. The van der Waals surface area contributed by atoms with Crippen LogP contribution in [0.3, 0.4) is 0 Å². The summed E-state index contributed by atoms with van der Waals surface area (Å²) in [5, 5.41) is 10.3. The lowest BCUT2D eigenvalue weighted by atomic mass is 10.1. The van der Waals surface area contributed by atoms with Gasteiger partial charge in [-0.25, -0.2) is 14.2 Å². The second-order valence-corrected chi connectivity index (χ2v) is 13.1. The van der Waals surface area contributed by atoms with Crippen LogP contribution < -0.4 is 15.2 Å². The minimum absolute atomic E-state index is 0.0231. The summed E-state index contributed by atoms with van der Waals surface area (Å²) in [4.78, 5) is 48.1. The van der Waals surface area contributed by atoms with Gasteiger partial charge in [0, 0.05) is 48.3 Å². The number of rotatable bonds is 5. The van der Waals surface area contributed by atoms with Crippen molar-refractivity contribution in [1.29, 1.82) is 0 Å². The van der Waals surface area contributed by atoms with Crippen LogP contribution in [-0.4, -0.2) is 68.9 Å². The first-order chi connectivity index (χ1) is 19.3. The maximum Gasteiger partial charge on any atom is 0.341 e. The van der Waals surface area contributed by atoms with E-state index in [2.05, 4.69) is 20.8 Å². The normalized spacial score (nSPS) is 20.2. The standard InChI is InChI=1S/C27H23BrFN5O4S2/c28-14-1-4-19-22(9-14)40-26(30-19)34-23(35)13-39-27(34)32-7-5-31(6-8-32)21-11-20-16(10-18(21)29)24(36)17(25(37)38)12-33(20)15-2-3-15/h1,4,9-12,15,27H,2-3,5-8,13H2,(H,37,38). The van der Waals surface area contributed by atoms with E-state index in [9.17, 15) is 19.5 Å². The zero-order valence-corrected chi connectivity index (χ0v) is 24.3. The van der Waals surface area contributed by atoms with E-state index in [4.69, 9.17) is 4.98 Å². The average Bonchev–Trinajstić information content (AvgIpc) is 3.58. The van der Waals surface area contributed by atoms with Crippen LogP contribution in [0.4, 0.5) is 15.2 Å². The monoisotopic (exact) mass is 643 g/mol. The Morgan fingerprint density at radius 2 is 1.88 bits per heavy atom. The number of piperazine rings is 1. The lowest BCUT2D eigenvalue weighted by Crippen LogP contribution is -2.54. The smallest absolute Gasteiger partial charge is 0.341 e. The summed E-state index contributed by atoms with van der Waals surface area (Å²) >= 11 is 6.56. The molecule has 0 bridgehead atoms. The summed E-state index contributed by atoms with van der Waals surface area (Å²) in [7, 11) is 0. The largest absolute Gasteiger partial charge is 0.477 e. The zero-order valence-electron chi connectivity index (χ0n) is 21.0. The molecular weight excluding hydrogens is 621 g/mol. The van der Waals surface area contributed by atoms with Crippen LogP contribution in [0.5, 0.6) is 0 Å². The number of nitrogens with zero attached hydrogens (tertiary/aromatic N) is 5. The lowest BCUT2D eigenvalue weighted by molar-refractivity contribution is -0.116. The second-order valence-electron chi connectivity index (χ2n) is 10.2. The first-order valence-corrected chi connectivity index (χ1v) is 15.5. The molecule has 40 heavy (non-hydrogen) atoms. The van der Waals surface area contributed by atoms with E-state index in [0.717, 1.165) is 27.5 Å². The number of pyridine rings is 1. The molecule has 4 aromatic rings. The summed E-state index contributed by atoms with van der Waals surface area (Å²) in [6.07, 6.45) is 3.18. The van der Waals surface area contributed by atoms with Crippen LogP contribution in [0.15, 0.2) is 45.8 Å². The molecule has 9 nitrogen and oxygen atoms in total. The third-order valence-electron chi connectivity index (χ3n) is 7.63. The maximum absolute atomic E-state index is 15.4. The molecule has 0 spiro atoms. The number of amides is 1. The molecule has 4 heterocycles. The predicted molar refractivity (Wildman–Crippen MR) is 158 cm³/mol. The van der Waals surface area contributed by atoms with Gasteiger partial charge in [-0.2, -0.15) is 0 Å². The number of carboxylic acid groups (broad SMARTS) is 1. The Morgan fingerprint density at radius 1 is 1.10 bits per heavy atom. The fourth-order valence-electron chi connectivity index (χ4n) is 5.46. The van der Waals surface area contributed by atoms with Crippen molar-refractivity contribution in [2.45, 2.75) is 24.4 Å². The number of thioether (sulfide) groups is 1. The number of aromatic carboxylic acids is 1. The molecule has 3 aliphatic rings. The summed E-state index contributed by atoms with van der Waals surface area (Å²) < 4.78 is 19.2. The Labute approximate surface area is 244 Å². The Bertz CT molecular complexity index is 1770. The van der Waals surface area contributed by atoms with Gasteiger partial charge in [-0.15, -0.1) is 11.8 Å². The van der Waals surface area contributed by atoms with Crippen molar-refractivity contribution in [1.82, 2.24) is 14.5 Å². The summed E-state index contributed by atoms with van der Waals surface area (Å²) in [6, 6.07) is 8.85. The second kappa shape index (κ2) is 9.82. The van der Waals surface area contributed by atoms with Gasteiger partial charge in [0.15, 0.2) is 5.13 Å². The number of hydrogen-bond acceptors (Lipinski definition) is 8. The molecule has 13 heteroatoms. The molecule has 1 amide bonds. The van der Waals surface area contributed by atoms with Crippen LogP contribution in [0.25, 0.3) is 21.1 Å². The third kappa shape index (κ3) is 4.39. The van der Waals surface area contributed by atoms with Crippen molar-refractivity contribution < 1.29 is 19.1 Å². The van der Waals surface area contributed by atoms with Crippen molar-refractivity contribution in [2.24, 2.45) is 0 Å². The van der Waals surface area contributed by atoms with Gasteiger partial charge in [0.2, 0.25) is 11.3 Å². The van der Waals surface area contributed by atoms with Gasteiger partial charge in [0.25, 0.3) is 0 Å². The number of hydrogen-bond donors (Lipinski definition) is 1. The molecule has 2 saturated heterocycles. The summed E-state index contributed by atoms with van der Waals surface area (Å²) in [5.74, 6) is -1.45. The van der Waals surface area contributed by atoms with Crippen molar-refractivity contribution in [3.8, 4) is 0 Å². The quantitative estimate of drug-likeness (QED) is 0.333. The van der Waals surface area contributed by atoms with Gasteiger partial charge in [0.1, 0.15) is 16.9 Å². The maximum atomic E-state index is 15.4. The van der Waals surface area contributed by atoms with E-state index >= 15 is 4.39 Å². The van der Waals surface area contributed by atoms with E-state index in [-0.39, 0.29) is 28.4 Å². The zero-order chi connectivity index (χ0) is 27.7. The Hall–Kier alpha value is -3.00. The number of carbonyl (C=O) groups excluding carboxylic acids is 1. The Balaban J connectivity index is 1.15. The summed E-state index contributed by atoms with van der Waals surface area (Å²) in [6.45, 7) is 2.30. The fourth-order valence-corrected chi connectivity index (χ4v) is 8.31. The number of aromatic nitrogens is 2. The Morgan fingerprint density at radius 3 is 2.60 bits per heavy atom. The highest BCUT2D eigenvalue weighted by Gasteiger charge is 2.40. The van der Waals surface area contributed by atoms with Crippen molar-refractivity contribution in [2.75, 3.05) is 41.7 Å². The molecule has 1 aliphatic carbocycles. The van der Waals surface area contributed by atoms with Gasteiger partial charge < -0.3 is 14.6 Å². The Kier molecular flexibility index (Phi) is 6.37. The molecule has 2 aromatic carbocycles. The van der Waals surface area contributed by atoms with Gasteiger partial charge in [-0.3, -0.25) is 19.4 Å². The van der Waals surface area contributed by atoms with Crippen molar-refractivity contribution >= 4 is 82.8 Å². The number of thiazole rings is 1. The highest BCUT2D eigenvalue weighted by atomic mass is 79.9. The number of carboxylic acids is 1. The third-order valence-corrected chi connectivity index (χ3v) is 10.4. The van der Waals surface area contributed by atoms with E-state index in [1.165, 1.54) is 23.6 Å². The van der Waals surface area contributed by atoms with Crippen molar-refractivity contribution in [3.05, 3.63) is 62.6 Å². The molecule has 2 aromatic heterocycles. The molecule has 1 unspecified atom stereocenters. The van der Waals surface area contributed by atoms with Gasteiger partial charge in [-0.1, -0.05) is 27.3 Å². The van der Waals surface area contributed by atoms with E-state index < -0.39 is 17.2 Å². The molecule has 3 fully saturated rings. The van der Waals surface area contributed by atoms with Gasteiger partial charge in [0.05, 0.1) is 27.2 Å². The molecule has 1 N–H and O–H groups in total. The van der Waals surface area contributed by atoms with Gasteiger partial charge >= 0.3 is 5.97 Å². The number of carbonyl (C=O) groups is 2. The van der Waals surface area contributed by atoms with Crippen LogP contribution in [0.2, 0.25) is 0 Å². The lowest BCUT2D eigenvalue weighted by Gasteiger charge is -2.40. The molecule has 0 radical (unpaired) electrons. The predicted octanol–water partition coefficient (Wildman–Crippen LogP) is 4.73. The van der Waals surface area contributed by atoms with E-state index in [1.807, 2.05) is 27.7 Å². The highest BCUT2D eigenvalue weighted by Crippen LogP contribution is 2.40. The van der Waals surface area contributed by atoms with E-state index in [0.29, 0.717) is 48.3 Å². The molecular formula is C27H23BrFN5O4S2. The number of benzene rings is 2. The van der Waals surface area contributed by atoms with Crippen molar-refractivity contribution in [3.63, 3.8) is 0 Å². The fraction of sp³-hybridized carbons (Fsp3) is 0.333. The van der Waals surface area contributed by atoms with Crippen LogP contribution in [0.1, 0.15) is 29.2 Å². The van der Waals surface area contributed by atoms with Crippen LogP contribution in [-0.2, 0) is 4.79 Å². The molecule has 7 rings (SSSR count). The van der Waals surface area contributed by atoms with Crippen LogP contribution >= 0.6 is 39.0 Å². The molecule has 2 aliphatic heterocycles. The first-order valence-electron chi connectivity index (χ1n) is 12.9. The van der Waals surface area contributed by atoms with Crippen LogP contribution in [0, 0.1) is 5.82 Å². The minimum atomic E-state index is -1.31. The number of halogens is 2. The highest BCUT2D eigenvalue weighted by molar-refractivity contribution is 9.10. The topological polar surface area (TPSA) is 99.0 Å². The average molecular weight is 645 g/mol. The SMILES string of the molecule is O=C(O)c1cn(C2CC2)c2cc(N3CCN(C4SCC(=O)N4c4nc5ccc(Br)cc5s4)CC3)c(F)cc2c1=O. The molecule has 1 saturated carbocycles.